The molecule has 0 bridgehead atoms. The number of carboxylic acid groups (broad SMARTS) is 1. The summed E-state index contributed by atoms with van der Waals surface area (Å²) in [5.41, 5.74) is 2.55. The summed E-state index contributed by atoms with van der Waals surface area (Å²) < 4.78 is 53.5. The molecule has 192 valence electrons. The molecular weight excluding hydrogens is 470 g/mol. The fraction of sp³-hybridized carbons (Fsp3) is 0.414. The Morgan fingerprint density at radius 3 is 2.25 bits per heavy atom. The van der Waals surface area contributed by atoms with Crippen LogP contribution in [0.5, 0.6) is 0 Å². The monoisotopic (exact) mass is 501 g/mol. The number of aliphatic carboxylic acids is 1. The average Bonchev–Trinajstić information content (AvgIpc) is 2.85. The molecule has 0 spiro atoms. The Kier molecular flexibility index (Phi) is 7.69. The molecule has 3 atom stereocenters. The molecule has 0 amide bonds. The van der Waals surface area contributed by atoms with E-state index >= 15 is 0 Å². The molecule has 0 aromatic heterocycles. The molecular formula is C29H31F4NO2. The number of carboxylic acids is 1. The summed E-state index contributed by atoms with van der Waals surface area (Å²) in [6.07, 6.45) is 1.67. The van der Waals surface area contributed by atoms with Crippen LogP contribution in [-0.2, 0) is 4.79 Å². The third-order valence-corrected chi connectivity index (χ3v) is 7.47. The van der Waals surface area contributed by atoms with E-state index in [1.165, 1.54) is 18.2 Å². The molecule has 1 N–H and O–H groups in total. The maximum atomic E-state index is 13.8. The second-order valence-electron chi connectivity index (χ2n) is 9.98. The van der Waals surface area contributed by atoms with E-state index in [9.17, 15) is 27.5 Å². The number of halogens is 4. The van der Waals surface area contributed by atoms with Gasteiger partial charge in [0.25, 0.3) is 0 Å². The van der Waals surface area contributed by atoms with Gasteiger partial charge in [-0.2, -0.15) is 13.2 Å². The minimum absolute atomic E-state index is 0.163. The summed E-state index contributed by atoms with van der Waals surface area (Å²) in [5, 5.41) is 9.58. The van der Waals surface area contributed by atoms with Crippen LogP contribution >= 0.6 is 0 Å². The SMILES string of the molecule is CC1CCN(C(c2ccc(F)cc2)c2ccc([C@@H](C)C(=O)O)cc2C2C=CC(C(F)(F)F)=CC2)CC1. The molecule has 2 aromatic rings. The summed E-state index contributed by atoms with van der Waals surface area (Å²) in [5.74, 6) is -1.80. The van der Waals surface area contributed by atoms with Gasteiger partial charge in [-0.3, -0.25) is 9.69 Å². The number of allylic oxidation sites excluding steroid dienone is 4. The van der Waals surface area contributed by atoms with E-state index in [2.05, 4.69) is 11.8 Å². The lowest BCUT2D eigenvalue weighted by Crippen LogP contribution is -2.37. The number of alkyl halides is 3. The quantitative estimate of drug-likeness (QED) is 0.420. The predicted octanol–water partition coefficient (Wildman–Crippen LogP) is 7.37. The Morgan fingerprint density at radius 2 is 1.69 bits per heavy atom. The minimum atomic E-state index is -4.41. The third kappa shape index (κ3) is 5.72. The van der Waals surface area contributed by atoms with Gasteiger partial charge in [-0.25, -0.2) is 4.39 Å². The number of hydrogen-bond acceptors (Lipinski definition) is 2. The van der Waals surface area contributed by atoms with Crippen molar-refractivity contribution in [1.29, 1.82) is 0 Å². The Balaban J connectivity index is 1.82. The zero-order valence-electron chi connectivity index (χ0n) is 20.4. The van der Waals surface area contributed by atoms with Crippen molar-refractivity contribution in [3.8, 4) is 0 Å². The normalized spacial score (nSPS) is 21.2. The fourth-order valence-corrected chi connectivity index (χ4v) is 5.16. The number of benzene rings is 2. The Labute approximate surface area is 209 Å². The maximum absolute atomic E-state index is 13.8. The molecule has 7 heteroatoms. The molecule has 4 rings (SSSR count). The smallest absolute Gasteiger partial charge is 0.416 e. The molecule has 1 heterocycles. The van der Waals surface area contributed by atoms with Crippen molar-refractivity contribution in [2.75, 3.05) is 13.1 Å². The largest absolute Gasteiger partial charge is 0.481 e. The van der Waals surface area contributed by atoms with Crippen molar-refractivity contribution in [2.24, 2.45) is 5.92 Å². The van der Waals surface area contributed by atoms with E-state index in [0.29, 0.717) is 11.5 Å². The van der Waals surface area contributed by atoms with Crippen molar-refractivity contribution in [1.82, 2.24) is 4.90 Å². The highest BCUT2D eigenvalue weighted by atomic mass is 19.4. The summed E-state index contributed by atoms with van der Waals surface area (Å²) in [7, 11) is 0. The highest BCUT2D eigenvalue weighted by Gasteiger charge is 2.35. The number of hydrogen-bond donors (Lipinski definition) is 1. The molecule has 2 aromatic carbocycles. The van der Waals surface area contributed by atoms with Gasteiger partial charge in [0.15, 0.2) is 0 Å². The Hall–Kier alpha value is -2.93. The van der Waals surface area contributed by atoms with Gasteiger partial charge in [0.05, 0.1) is 17.5 Å². The molecule has 1 fully saturated rings. The lowest BCUT2D eigenvalue weighted by Gasteiger charge is -2.39. The second-order valence-corrected chi connectivity index (χ2v) is 9.98. The average molecular weight is 502 g/mol. The standard InChI is InChI=1S/C29H31F4NO2/c1-18-13-15-34(16-14-18)27(21-5-10-24(30)11-6-21)25-12-7-22(19(2)28(35)36)17-26(25)20-3-8-23(9-4-20)29(31,32)33/h3,5-12,17-20,27H,4,13-16H2,1-2H3,(H,35,36)/t19-,20?,27?/m1/s1. The lowest BCUT2D eigenvalue weighted by atomic mass is 9.80. The van der Waals surface area contributed by atoms with Crippen molar-refractivity contribution in [2.45, 2.75) is 57.2 Å². The minimum Gasteiger partial charge on any atom is -0.481 e. The lowest BCUT2D eigenvalue weighted by molar-refractivity contribution is -0.138. The second kappa shape index (κ2) is 10.6. The van der Waals surface area contributed by atoms with Crippen molar-refractivity contribution in [3.63, 3.8) is 0 Å². The molecule has 1 aliphatic heterocycles. The summed E-state index contributed by atoms with van der Waals surface area (Å²) in [6.45, 7) is 5.50. The molecule has 1 aliphatic carbocycles. The number of rotatable bonds is 6. The van der Waals surface area contributed by atoms with Crippen LogP contribution in [0.15, 0.2) is 66.3 Å². The first kappa shape index (κ1) is 26.1. The summed E-state index contributed by atoms with van der Waals surface area (Å²) in [4.78, 5) is 14.0. The van der Waals surface area contributed by atoms with Crippen LogP contribution in [-0.4, -0.2) is 35.2 Å². The first-order chi connectivity index (χ1) is 17.0. The molecule has 3 nitrogen and oxygen atoms in total. The fourth-order valence-electron chi connectivity index (χ4n) is 5.16. The zero-order chi connectivity index (χ0) is 26.0. The van der Waals surface area contributed by atoms with Crippen LogP contribution in [0.4, 0.5) is 17.6 Å². The van der Waals surface area contributed by atoms with Crippen LogP contribution in [0, 0.1) is 11.7 Å². The highest BCUT2D eigenvalue weighted by Crippen LogP contribution is 2.41. The van der Waals surface area contributed by atoms with Gasteiger partial charge in [0.1, 0.15) is 5.82 Å². The summed E-state index contributed by atoms with van der Waals surface area (Å²) >= 11 is 0. The van der Waals surface area contributed by atoms with E-state index in [1.807, 2.05) is 12.1 Å². The van der Waals surface area contributed by atoms with Gasteiger partial charge < -0.3 is 5.11 Å². The van der Waals surface area contributed by atoms with Crippen LogP contribution in [0.3, 0.4) is 0 Å². The number of piperidine rings is 1. The molecule has 0 radical (unpaired) electrons. The van der Waals surface area contributed by atoms with E-state index in [-0.39, 0.29) is 24.2 Å². The molecule has 2 unspecified atom stereocenters. The molecule has 1 saturated heterocycles. The first-order valence-electron chi connectivity index (χ1n) is 12.4. The van der Waals surface area contributed by atoms with Gasteiger partial charge in [-0.15, -0.1) is 0 Å². The van der Waals surface area contributed by atoms with Gasteiger partial charge in [-0.1, -0.05) is 55.5 Å². The number of likely N-dealkylation sites (tertiary alicyclic amines) is 1. The zero-order valence-corrected chi connectivity index (χ0v) is 20.4. The number of nitrogens with zero attached hydrogens (tertiary/aromatic N) is 1. The van der Waals surface area contributed by atoms with Gasteiger partial charge in [0.2, 0.25) is 0 Å². The molecule has 2 aliphatic rings. The van der Waals surface area contributed by atoms with Crippen LogP contribution in [0.2, 0.25) is 0 Å². The van der Waals surface area contributed by atoms with E-state index in [0.717, 1.165) is 48.7 Å². The first-order valence-corrected chi connectivity index (χ1v) is 12.4. The third-order valence-electron chi connectivity index (χ3n) is 7.47. The van der Waals surface area contributed by atoms with Crippen molar-refractivity contribution in [3.05, 3.63) is 94.3 Å². The van der Waals surface area contributed by atoms with Gasteiger partial charge in [0, 0.05) is 5.92 Å². The number of carbonyl (C=O) groups is 1. The summed E-state index contributed by atoms with van der Waals surface area (Å²) in [6, 6.07) is 11.7. The van der Waals surface area contributed by atoms with E-state index in [1.54, 1.807) is 31.2 Å². The highest BCUT2D eigenvalue weighted by molar-refractivity contribution is 5.75. The van der Waals surface area contributed by atoms with Gasteiger partial charge >= 0.3 is 12.1 Å². The van der Waals surface area contributed by atoms with E-state index in [4.69, 9.17) is 0 Å². The molecule has 36 heavy (non-hydrogen) atoms. The predicted molar refractivity (Wildman–Crippen MR) is 131 cm³/mol. The topological polar surface area (TPSA) is 40.5 Å². The van der Waals surface area contributed by atoms with E-state index < -0.39 is 23.6 Å². The maximum Gasteiger partial charge on any atom is 0.416 e. The van der Waals surface area contributed by atoms with Crippen molar-refractivity contribution >= 4 is 5.97 Å². The Bertz CT molecular complexity index is 1140. The van der Waals surface area contributed by atoms with Crippen molar-refractivity contribution < 1.29 is 27.5 Å². The van der Waals surface area contributed by atoms with Gasteiger partial charge in [-0.05, 0) is 79.6 Å². The van der Waals surface area contributed by atoms with Crippen LogP contribution < -0.4 is 0 Å². The van der Waals surface area contributed by atoms with Crippen LogP contribution in [0.1, 0.15) is 73.2 Å². The Morgan fingerprint density at radius 1 is 1.06 bits per heavy atom. The van der Waals surface area contributed by atoms with Crippen LogP contribution in [0.25, 0.3) is 0 Å². The molecule has 0 saturated carbocycles.